The summed E-state index contributed by atoms with van der Waals surface area (Å²) in [5.41, 5.74) is 0.846. The molecule has 1 unspecified atom stereocenters. The lowest BCUT2D eigenvalue weighted by Crippen LogP contribution is -2.39. The molecule has 0 spiro atoms. The molecule has 1 fully saturated rings. The maximum absolute atomic E-state index is 14.4. The molecule has 1 aromatic carbocycles. The molecule has 7 nitrogen and oxygen atoms in total. The van der Waals surface area contributed by atoms with Crippen molar-refractivity contribution in [2.45, 2.75) is 52.6 Å². The number of benzene rings is 1. The van der Waals surface area contributed by atoms with Crippen molar-refractivity contribution in [1.29, 1.82) is 0 Å². The minimum absolute atomic E-state index is 0. The Hall–Kier alpha value is -1.91. The van der Waals surface area contributed by atoms with Crippen LogP contribution in [0.3, 0.4) is 0 Å². The highest BCUT2D eigenvalue weighted by atomic mass is 127. The fourth-order valence-electron chi connectivity index (χ4n) is 3.01. The predicted octanol–water partition coefficient (Wildman–Crippen LogP) is 3.70. The number of hydrogen-bond acceptors (Lipinski definition) is 4. The van der Waals surface area contributed by atoms with E-state index in [1.807, 2.05) is 24.5 Å². The van der Waals surface area contributed by atoms with Crippen LogP contribution in [0.25, 0.3) is 0 Å². The number of aliphatic imine (C=N–C) groups is 1. The van der Waals surface area contributed by atoms with E-state index in [-0.39, 0.29) is 35.8 Å². The summed E-state index contributed by atoms with van der Waals surface area (Å²) in [6.45, 7) is 8.71. The van der Waals surface area contributed by atoms with E-state index >= 15 is 0 Å². The molecule has 0 amide bonds. The Balaban J connectivity index is 0.00000320. The lowest BCUT2D eigenvalue weighted by molar-refractivity contribution is 0.285. The molecule has 9 heteroatoms. The van der Waals surface area contributed by atoms with Gasteiger partial charge in [0, 0.05) is 19.5 Å². The van der Waals surface area contributed by atoms with Crippen molar-refractivity contribution < 1.29 is 9.13 Å². The molecule has 1 aromatic heterocycles. The van der Waals surface area contributed by atoms with Crippen LogP contribution < -0.4 is 15.4 Å². The molecule has 0 aliphatic heterocycles. The van der Waals surface area contributed by atoms with Gasteiger partial charge < -0.3 is 19.9 Å². The lowest BCUT2D eigenvalue weighted by atomic mass is 10.1. The maximum Gasteiger partial charge on any atom is 0.191 e. The Morgan fingerprint density at radius 2 is 2.17 bits per heavy atom. The van der Waals surface area contributed by atoms with Crippen LogP contribution in [0, 0.1) is 11.7 Å². The van der Waals surface area contributed by atoms with E-state index in [1.165, 1.54) is 18.9 Å². The van der Waals surface area contributed by atoms with Crippen molar-refractivity contribution in [2.24, 2.45) is 10.9 Å². The summed E-state index contributed by atoms with van der Waals surface area (Å²) in [4.78, 5) is 4.62. The van der Waals surface area contributed by atoms with Gasteiger partial charge in [0.1, 0.15) is 12.2 Å². The zero-order chi connectivity index (χ0) is 20.6. The number of rotatable bonds is 10. The first kappa shape index (κ1) is 24.4. The Morgan fingerprint density at radius 3 is 2.83 bits per heavy atom. The Morgan fingerprint density at radius 1 is 1.37 bits per heavy atom. The van der Waals surface area contributed by atoms with E-state index in [9.17, 15) is 4.39 Å². The zero-order valence-corrected chi connectivity index (χ0v) is 20.2. The van der Waals surface area contributed by atoms with Gasteiger partial charge in [-0.05, 0) is 50.3 Å². The number of nitrogens with one attached hydrogen (secondary N) is 2. The van der Waals surface area contributed by atoms with E-state index in [1.54, 1.807) is 12.4 Å². The van der Waals surface area contributed by atoms with Gasteiger partial charge in [-0.1, -0.05) is 13.0 Å². The second-order valence-electron chi connectivity index (χ2n) is 7.37. The Kier molecular flexibility index (Phi) is 9.80. The molecule has 1 atom stereocenters. The number of aryl methyl sites for hydroxylation is 1. The fraction of sp³-hybridized carbons (Fsp3) is 0.571. The molecule has 0 saturated heterocycles. The molecule has 1 saturated carbocycles. The van der Waals surface area contributed by atoms with Gasteiger partial charge in [-0.2, -0.15) is 0 Å². The molecule has 1 heterocycles. The summed E-state index contributed by atoms with van der Waals surface area (Å²) in [6, 6.07) is 5.06. The van der Waals surface area contributed by atoms with Crippen molar-refractivity contribution in [3.05, 3.63) is 41.7 Å². The molecule has 166 valence electrons. The number of nitrogens with zero attached hydrogens (tertiary/aromatic N) is 4. The van der Waals surface area contributed by atoms with Crippen LogP contribution in [0.2, 0.25) is 0 Å². The maximum atomic E-state index is 14.4. The molecule has 30 heavy (non-hydrogen) atoms. The van der Waals surface area contributed by atoms with Crippen molar-refractivity contribution in [3.63, 3.8) is 0 Å². The molecule has 3 rings (SSSR count). The van der Waals surface area contributed by atoms with Crippen molar-refractivity contribution in [1.82, 2.24) is 25.4 Å². The average Bonchev–Trinajstić information content (AvgIpc) is 3.43. The van der Waals surface area contributed by atoms with E-state index < -0.39 is 0 Å². The zero-order valence-electron chi connectivity index (χ0n) is 17.9. The lowest BCUT2D eigenvalue weighted by Gasteiger charge is -2.19. The van der Waals surface area contributed by atoms with Crippen molar-refractivity contribution in [2.75, 3.05) is 19.7 Å². The standard InChI is InChI=1S/C21H31FN6O.HI/c1-4-20-27-25-14-28(20)11-10-24-21(23-5-2)26-15(3)17-8-9-19(18(22)12-17)29-13-16-6-7-16;/h8-9,12,14-16H,4-7,10-11,13H2,1-3H3,(H2,23,24,26);1H. The second-order valence-corrected chi connectivity index (χ2v) is 7.37. The second kappa shape index (κ2) is 12.1. The number of aromatic nitrogens is 3. The summed E-state index contributed by atoms with van der Waals surface area (Å²) in [5, 5.41) is 14.6. The van der Waals surface area contributed by atoms with Gasteiger partial charge in [0.05, 0.1) is 19.2 Å². The normalized spacial score (nSPS) is 14.7. The average molecular weight is 530 g/mol. The number of hydrogen-bond donors (Lipinski definition) is 2. The minimum Gasteiger partial charge on any atom is -0.490 e. The summed E-state index contributed by atoms with van der Waals surface area (Å²) >= 11 is 0. The van der Waals surface area contributed by atoms with E-state index in [2.05, 4.69) is 32.7 Å². The van der Waals surface area contributed by atoms with Gasteiger partial charge in [-0.3, -0.25) is 4.99 Å². The third-order valence-corrected chi connectivity index (χ3v) is 4.95. The van der Waals surface area contributed by atoms with Gasteiger partial charge in [-0.25, -0.2) is 4.39 Å². The molecule has 2 N–H and O–H groups in total. The molecule has 0 bridgehead atoms. The van der Waals surface area contributed by atoms with Crippen molar-refractivity contribution in [3.8, 4) is 5.75 Å². The van der Waals surface area contributed by atoms with Crippen LogP contribution in [0.1, 0.15) is 51.0 Å². The smallest absolute Gasteiger partial charge is 0.191 e. The highest BCUT2D eigenvalue weighted by Gasteiger charge is 2.22. The van der Waals surface area contributed by atoms with E-state index in [0.717, 1.165) is 24.4 Å². The highest BCUT2D eigenvalue weighted by Crippen LogP contribution is 2.30. The SMILES string of the molecule is CCNC(=NCCn1cnnc1CC)NC(C)c1ccc(OCC2CC2)c(F)c1.I. The molecular weight excluding hydrogens is 498 g/mol. The van der Waals surface area contributed by atoms with Gasteiger partial charge >= 0.3 is 0 Å². The number of halogens is 2. The molecule has 2 aromatic rings. The summed E-state index contributed by atoms with van der Waals surface area (Å²) in [6.07, 6.45) is 4.94. The molecular formula is C21H32FIN6O. The van der Waals surface area contributed by atoms with Crippen LogP contribution in [0.5, 0.6) is 5.75 Å². The van der Waals surface area contributed by atoms with Gasteiger partial charge in [0.25, 0.3) is 0 Å². The van der Waals surface area contributed by atoms with Gasteiger partial charge in [0.15, 0.2) is 17.5 Å². The first-order valence-corrected chi connectivity index (χ1v) is 10.4. The predicted molar refractivity (Wildman–Crippen MR) is 127 cm³/mol. The highest BCUT2D eigenvalue weighted by molar-refractivity contribution is 14.0. The van der Waals surface area contributed by atoms with E-state index in [0.29, 0.717) is 37.3 Å². The third-order valence-electron chi connectivity index (χ3n) is 4.95. The molecule has 0 radical (unpaired) electrons. The van der Waals surface area contributed by atoms with E-state index in [4.69, 9.17) is 4.74 Å². The van der Waals surface area contributed by atoms with Crippen LogP contribution in [-0.2, 0) is 13.0 Å². The largest absolute Gasteiger partial charge is 0.490 e. The fourth-order valence-corrected chi connectivity index (χ4v) is 3.01. The summed E-state index contributed by atoms with van der Waals surface area (Å²) < 4.78 is 22.0. The summed E-state index contributed by atoms with van der Waals surface area (Å²) in [7, 11) is 0. The van der Waals surface area contributed by atoms with Crippen LogP contribution in [0.15, 0.2) is 29.5 Å². The van der Waals surface area contributed by atoms with Gasteiger partial charge in [0.2, 0.25) is 0 Å². The number of ether oxygens (including phenoxy) is 1. The van der Waals surface area contributed by atoms with Crippen LogP contribution in [0.4, 0.5) is 4.39 Å². The van der Waals surface area contributed by atoms with Crippen molar-refractivity contribution >= 4 is 29.9 Å². The molecule has 1 aliphatic rings. The van der Waals surface area contributed by atoms with Gasteiger partial charge in [-0.15, -0.1) is 34.2 Å². The van der Waals surface area contributed by atoms with Crippen LogP contribution >= 0.6 is 24.0 Å². The summed E-state index contributed by atoms with van der Waals surface area (Å²) in [5.74, 6) is 2.25. The molecule has 1 aliphatic carbocycles. The first-order valence-electron chi connectivity index (χ1n) is 10.4. The third kappa shape index (κ3) is 7.10. The Labute approximate surface area is 194 Å². The first-order chi connectivity index (χ1) is 14.1. The quantitative estimate of drug-likeness (QED) is 0.279. The topological polar surface area (TPSA) is 76.4 Å². The van der Waals surface area contributed by atoms with Crippen LogP contribution in [-0.4, -0.2) is 40.4 Å². The monoisotopic (exact) mass is 530 g/mol. The minimum atomic E-state index is -0.321. The number of guanidine groups is 1. The Bertz CT molecular complexity index is 824.